The molecular weight excluding hydrogens is 504 g/mol. The Balaban J connectivity index is 1.68. The van der Waals surface area contributed by atoms with E-state index in [1.807, 2.05) is 26.8 Å². The van der Waals surface area contributed by atoms with Gasteiger partial charge in [0.15, 0.2) is 6.10 Å². The van der Waals surface area contributed by atoms with E-state index >= 15 is 0 Å². The Morgan fingerprint density at radius 3 is 2.51 bits per heavy atom. The van der Waals surface area contributed by atoms with Gasteiger partial charge in [-0.15, -0.1) is 0 Å². The van der Waals surface area contributed by atoms with Crippen molar-refractivity contribution in [1.29, 1.82) is 0 Å². The van der Waals surface area contributed by atoms with E-state index in [-0.39, 0.29) is 36.4 Å². The van der Waals surface area contributed by atoms with Gasteiger partial charge in [0.1, 0.15) is 18.0 Å². The molecule has 39 heavy (non-hydrogen) atoms. The molecule has 1 N–H and O–H groups in total. The van der Waals surface area contributed by atoms with Crippen molar-refractivity contribution >= 4 is 23.7 Å². The van der Waals surface area contributed by atoms with Gasteiger partial charge in [-0.2, -0.15) is 0 Å². The van der Waals surface area contributed by atoms with Gasteiger partial charge in [-0.25, -0.2) is 4.79 Å². The molecule has 1 aromatic rings. The predicted octanol–water partition coefficient (Wildman–Crippen LogP) is 3.94. The van der Waals surface area contributed by atoms with Gasteiger partial charge >= 0.3 is 17.9 Å². The van der Waals surface area contributed by atoms with Crippen molar-refractivity contribution in [3.63, 3.8) is 0 Å². The molecule has 0 aromatic carbocycles. The van der Waals surface area contributed by atoms with Gasteiger partial charge in [-0.1, -0.05) is 46.3 Å². The van der Waals surface area contributed by atoms with Crippen LogP contribution < -0.4 is 0 Å². The van der Waals surface area contributed by atoms with E-state index in [1.54, 1.807) is 25.5 Å². The molecular formula is C30H38O9. The lowest BCUT2D eigenvalue weighted by Crippen LogP contribution is -2.69. The quantitative estimate of drug-likeness (QED) is 0.334. The predicted molar refractivity (Wildman–Crippen MR) is 137 cm³/mol. The molecule has 1 aromatic heterocycles. The fourth-order valence-corrected chi connectivity index (χ4v) is 8.58. The van der Waals surface area contributed by atoms with Crippen LogP contribution in [0.15, 0.2) is 34.7 Å². The maximum absolute atomic E-state index is 14.3. The van der Waals surface area contributed by atoms with Crippen molar-refractivity contribution in [1.82, 2.24) is 0 Å². The Morgan fingerprint density at radius 1 is 1.18 bits per heavy atom. The van der Waals surface area contributed by atoms with Crippen LogP contribution in [0.3, 0.4) is 0 Å². The van der Waals surface area contributed by atoms with Gasteiger partial charge in [0.25, 0.3) is 0 Å². The van der Waals surface area contributed by atoms with Gasteiger partial charge in [0.05, 0.1) is 32.0 Å². The van der Waals surface area contributed by atoms with Crippen molar-refractivity contribution in [2.24, 2.45) is 39.9 Å². The molecule has 0 amide bonds. The molecule has 5 rings (SSSR count). The lowest BCUT2D eigenvalue weighted by molar-refractivity contribution is -0.210. The summed E-state index contributed by atoms with van der Waals surface area (Å²) in [4.78, 5) is 52.7. The second-order valence-electron chi connectivity index (χ2n) is 12.7. The van der Waals surface area contributed by atoms with E-state index < -0.39 is 58.3 Å². The molecule has 3 fully saturated rings. The molecule has 0 spiro atoms. The molecule has 9 unspecified atom stereocenters. The van der Waals surface area contributed by atoms with Crippen LogP contribution in [-0.2, 0) is 33.4 Å². The third-order valence-corrected chi connectivity index (χ3v) is 10.4. The summed E-state index contributed by atoms with van der Waals surface area (Å²) >= 11 is 0. The number of hydrogen-bond donors (Lipinski definition) is 1. The van der Waals surface area contributed by atoms with Crippen LogP contribution in [0.25, 0.3) is 0 Å². The zero-order chi connectivity index (χ0) is 28.5. The number of Topliss-reactive ketones (excluding diaryl/α,β-unsaturated/α-hetero) is 1. The Hall–Kier alpha value is -2.94. The number of rotatable bonds is 5. The molecule has 9 nitrogen and oxygen atoms in total. The molecule has 2 heterocycles. The zero-order valence-electron chi connectivity index (χ0n) is 23.4. The highest BCUT2D eigenvalue weighted by Crippen LogP contribution is 2.68. The number of cyclic esters (lactones) is 1. The third kappa shape index (κ3) is 3.83. The minimum absolute atomic E-state index is 0.118. The fourth-order valence-electron chi connectivity index (χ4n) is 8.58. The summed E-state index contributed by atoms with van der Waals surface area (Å²) in [5.74, 6) is -4.03. The Morgan fingerprint density at radius 2 is 1.90 bits per heavy atom. The molecule has 1 aliphatic heterocycles. The summed E-state index contributed by atoms with van der Waals surface area (Å²) in [6.07, 6.45) is 3.57. The number of carbonyl (C=O) groups excluding carboxylic acids is 4. The first-order valence-electron chi connectivity index (χ1n) is 13.7. The highest BCUT2D eigenvalue weighted by atomic mass is 16.6. The Bertz CT molecular complexity index is 1210. The average Bonchev–Trinajstić information content (AvgIpc) is 3.42. The van der Waals surface area contributed by atoms with Crippen molar-refractivity contribution in [3.05, 3.63) is 35.8 Å². The van der Waals surface area contributed by atoms with Gasteiger partial charge < -0.3 is 23.7 Å². The van der Waals surface area contributed by atoms with E-state index in [1.165, 1.54) is 7.11 Å². The minimum Gasteiger partial charge on any atom is -0.472 e. The molecule has 9 atom stereocenters. The normalized spacial score (nSPS) is 39.4. The number of ether oxygens (including phenoxy) is 3. The first kappa shape index (κ1) is 27.6. The first-order valence-corrected chi connectivity index (χ1v) is 13.7. The van der Waals surface area contributed by atoms with Crippen LogP contribution in [0.2, 0.25) is 0 Å². The third-order valence-electron chi connectivity index (χ3n) is 10.4. The molecule has 3 aliphatic carbocycles. The Kier molecular flexibility index (Phi) is 6.60. The molecule has 2 bridgehead atoms. The molecule has 1 saturated heterocycles. The van der Waals surface area contributed by atoms with Crippen molar-refractivity contribution < 1.29 is 42.9 Å². The topological polar surface area (TPSA) is 129 Å². The Labute approximate surface area is 228 Å². The number of methoxy groups -OCH3 is 1. The molecule has 2 saturated carbocycles. The summed E-state index contributed by atoms with van der Waals surface area (Å²) in [7, 11) is 1.20. The first-order chi connectivity index (χ1) is 18.3. The summed E-state index contributed by atoms with van der Waals surface area (Å²) in [6.45, 7) is 9.29. The van der Waals surface area contributed by atoms with Gasteiger partial charge in [0, 0.05) is 34.1 Å². The maximum Gasteiger partial charge on any atom is 0.335 e. The van der Waals surface area contributed by atoms with E-state index in [0.29, 0.717) is 12.8 Å². The number of esters is 3. The van der Waals surface area contributed by atoms with Crippen molar-refractivity contribution in [2.45, 2.75) is 78.6 Å². The van der Waals surface area contributed by atoms with E-state index in [2.05, 4.69) is 6.92 Å². The number of ketones is 1. The second-order valence-corrected chi connectivity index (χ2v) is 12.7. The second kappa shape index (κ2) is 9.32. The van der Waals surface area contributed by atoms with Gasteiger partial charge in [0.2, 0.25) is 0 Å². The minimum atomic E-state index is -1.61. The van der Waals surface area contributed by atoms with Crippen LogP contribution >= 0.6 is 0 Å². The largest absolute Gasteiger partial charge is 0.472 e. The van der Waals surface area contributed by atoms with Crippen LogP contribution in [0.1, 0.15) is 72.0 Å². The molecule has 4 aliphatic rings. The van der Waals surface area contributed by atoms with Crippen LogP contribution in [0.4, 0.5) is 0 Å². The highest BCUT2D eigenvalue weighted by Gasteiger charge is 2.70. The number of carbonyl (C=O) groups is 4. The number of aliphatic hydroxyl groups is 1. The van der Waals surface area contributed by atoms with Crippen molar-refractivity contribution in [3.8, 4) is 0 Å². The summed E-state index contributed by atoms with van der Waals surface area (Å²) < 4.78 is 22.0. The van der Waals surface area contributed by atoms with Crippen molar-refractivity contribution in [2.75, 3.05) is 7.11 Å². The fraction of sp³-hybridized carbons (Fsp3) is 0.667. The number of aliphatic hydroxyl groups excluding tert-OH is 1. The summed E-state index contributed by atoms with van der Waals surface area (Å²) in [6, 6.07) is 1.80. The van der Waals surface area contributed by atoms with E-state index in [4.69, 9.17) is 18.6 Å². The monoisotopic (exact) mass is 542 g/mol. The molecule has 9 heteroatoms. The molecule has 0 radical (unpaired) electrons. The maximum atomic E-state index is 14.3. The van der Waals surface area contributed by atoms with E-state index in [9.17, 15) is 24.3 Å². The highest BCUT2D eigenvalue weighted by molar-refractivity contribution is 5.94. The average molecular weight is 543 g/mol. The number of fused-ring (bicyclic) bond motifs is 6. The van der Waals surface area contributed by atoms with Crippen LogP contribution in [0, 0.1) is 39.9 Å². The standard InChI is InChI=1S/C30H38O9/c1-7-20(31)38-26-17-12-16-18(30(5,24(17)34)23(28(26,2)3)22(33)27(35)36-6)8-10-29(4)19(16)13-21(32)39-25(29)15-9-11-37-14-15/h9,11-12,14,17-19,22-23,25-26,33H,7-8,10,13H2,1-6H3. The lowest BCUT2D eigenvalue weighted by Gasteiger charge is -2.64. The van der Waals surface area contributed by atoms with Crippen LogP contribution in [-0.4, -0.2) is 48.1 Å². The summed E-state index contributed by atoms with van der Waals surface area (Å²) in [5, 5.41) is 11.4. The van der Waals surface area contributed by atoms with Gasteiger partial charge in [-0.05, 0) is 30.7 Å². The van der Waals surface area contributed by atoms with Crippen LogP contribution in [0.5, 0.6) is 0 Å². The SMILES string of the molecule is CCC(=O)OC1C2C=C3C4CC(=O)OC(c5ccoc5)C4(C)CCC3C(C)(C2=O)C(C(O)C(=O)OC)C1(C)C. The lowest BCUT2D eigenvalue weighted by atomic mass is 9.40. The molecule has 212 valence electrons. The zero-order valence-corrected chi connectivity index (χ0v) is 23.4. The van der Waals surface area contributed by atoms with Gasteiger partial charge in [-0.3, -0.25) is 14.4 Å². The smallest absolute Gasteiger partial charge is 0.335 e. The number of hydrogen-bond acceptors (Lipinski definition) is 9. The van der Waals surface area contributed by atoms with E-state index in [0.717, 1.165) is 11.1 Å². The number of allylic oxidation sites excluding steroid dienone is 1. The number of furan rings is 1. The summed E-state index contributed by atoms with van der Waals surface area (Å²) in [5.41, 5.74) is -0.847.